The van der Waals surface area contributed by atoms with Gasteiger partial charge in [0.1, 0.15) is 0 Å². The summed E-state index contributed by atoms with van der Waals surface area (Å²) in [5.41, 5.74) is 0.964. The van der Waals surface area contributed by atoms with Gasteiger partial charge in [0.15, 0.2) is 5.13 Å². The van der Waals surface area contributed by atoms with Crippen molar-refractivity contribution in [3.05, 3.63) is 33.5 Å². The number of nitrogens with zero attached hydrogens (tertiary/aromatic N) is 2. The normalized spacial score (nSPS) is 10.6. The second-order valence-electron chi connectivity index (χ2n) is 3.35. The second-order valence-corrected chi connectivity index (χ2v) is 5.48. The lowest BCUT2D eigenvalue weighted by atomic mass is 10.4. The number of thiophene rings is 1. The number of thiazole rings is 1. The monoisotopic (exact) mass is 272 g/mol. The summed E-state index contributed by atoms with van der Waals surface area (Å²) in [5.74, 6) is 0.493. The predicted octanol–water partition coefficient (Wildman–Crippen LogP) is 3.97. The van der Waals surface area contributed by atoms with Gasteiger partial charge < -0.3 is 4.90 Å². The number of hydrogen-bond donors (Lipinski definition) is 0. The van der Waals surface area contributed by atoms with Crippen LogP contribution in [0.5, 0.6) is 0 Å². The summed E-state index contributed by atoms with van der Waals surface area (Å²) in [6, 6.07) is 4.24. The van der Waals surface area contributed by atoms with Crippen molar-refractivity contribution in [2.75, 3.05) is 11.4 Å². The summed E-state index contributed by atoms with van der Waals surface area (Å²) >= 11 is 9.21. The molecular weight excluding hydrogens is 260 g/mol. The van der Waals surface area contributed by atoms with E-state index in [4.69, 9.17) is 11.6 Å². The van der Waals surface area contributed by atoms with Gasteiger partial charge in [0.05, 0.1) is 18.1 Å². The molecule has 5 heteroatoms. The molecule has 0 bridgehead atoms. The topological polar surface area (TPSA) is 16.1 Å². The van der Waals surface area contributed by atoms with E-state index in [0.29, 0.717) is 5.88 Å². The molecule has 0 N–H and O–H groups in total. The first-order valence-corrected chi connectivity index (χ1v) is 7.40. The summed E-state index contributed by atoms with van der Waals surface area (Å²) < 4.78 is 0. The van der Waals surface area contributed by atoms with Crippen LogP contribution in [0.25, 0.3) is 0 Å². The Kier molecular flexibility index (Phi) is 4.21. The highest BCUT2D eigenvalue weighted by Crippen LogP contribution is 2.24. The van der Waals surface area contributed by atoms with Crippen LogP contribution in [0.15, 0.2) is 22.9 Å². The van der Waals surface area contributed by atoms with Crippen LogP contribution in [0.4, 0.5) is 5.13 Å². The molecule has 0 radical (unpaired) electrons. The van der Waals surface area contributed by atoms with Gasteiger partial charge in [-0.25, -0.2) is 4.98 Å². The van der Waals surface area contributed by atoms with Crippen LogP contribution >= 0.6 is 34.3 Å². The van der Waals surface area contributed by atoms with E-state index >= 15 is 0 Å². The molecule has 0 spiro atoms. The molecule has 0 saturated carbocycles. The summed E-state index contributed by atoms with van der Waals surface area (Å²) in [4.78, 5) is 8.13. The van der Waals surface area contributed by atoms with E-state index in [1.807, 2.05) is 5.38 Å². The minimum Gasteiger partial charge on any atom is -0.343 e. The average molecular weight is 273 g/mol. The molecule has 0 aliphatic carbocycles. The van der Waals surface area contributed by atoms with Gasteiger partial charge in [0.2, 0.25) is 0 Å². The van der Waals surface area contributed by atoms with Gasteiger partial charge in [-0.1, -0.05) is 6.07 Å². The first-order chi connectivity index (χ1) is 7.83. The van der Waals surface area contributed by atoms with Crippen molar-refractivity contribution in [2.24, 2.45) is 0 Å². The zero-order valence-corrected chi connectivity index (χ0v) is 11.4. The first-order valence-electron chi connectivity index (χ1n) is 5.11. The first kappa shape index (κ1) is 11.9. The van der Waals surface area contributed by atoms with Crippen LogP contribution in [-0.2, 0) is 12.4 Å². The van der Waals surface area contributed by atoms with Crippen molar-refractivity contribution < 1.29 is 0 Å². The summed E-state index contributed by atoms with van der Waals surface area (Å²) in [5, 5.41) is 5.20. The Bertz CT molecular complexity index is 425. The van der Waals surface area contributed by atoms with E-state index in [2.05, 4.69) is 34.3 Å². The van der Waals surface area contributed by atoms with Crippen LogP contribution in [-0.4, -0.2) is 11.5 Å². The molecule has 0 unspecified atom stereocenters. The SMILES string of the molecule is CCN(Cc1cccs1)c1nc(CCl)cs1. The fraction of sp³-hybridized carbons (Fsp3) is 0.364. The van der Waals surface area contributed by atoms with Crippen LogP contribution in [0.2, 0.25) is 0 Å². The van der Waals surface area contributed by atoms with Crippen LogP contribution in [0, 0.1) is 0 Å². The largest absolute Gasteiger partial charge is 0.343 e. The summed E-state index contributed by atoms with van der Waals surface area (Å²) in [7, 11) is 0. The number of hydrogen-bond acceptors (Lipinski definition) is 4. The molecule has 2 aromatic rings. The summed E-state index contributed by atoms with van der Waals surface area (Å²) in [6.45, 7) is 4.05. The molecule has 0 atom stereocenters. The van der Waals surface area contributed by atoms with Crippen molar-refractivity contribution in [2.45, 2.75) is 19.3 Å². The number of anilines is 1. The Hall–Kier alpha value is -0.580. The maximum atomic E-state index is 5.76. The van der Waals surface area contributed by atoms with Crippen molar-refractivity contribution in [1.29, 1.82) is 0 Å². The Morgan fingerprint density at radius 3 is 2.88 bits per heavy atom. The number of aromatic nitrogens is 1. The fourth-order valence-corrected chi connectivity index (χ4v) is 3.25. The third-order valence-electron chi connectivity index (χ3n) is 2.26. The highest BCUT2D eigenvalue weighted by atomic mass is 35.5. The Balaban J connectivity index is 2.10. The van der Waals surface area contributed by atoms with Crippen LogP contribution < -0.4 is 4.90 Å². The minimum absolute atomic E-state index is 0.493. The molecule has 86 valence electrons. The van der Waals surface area contributed by atoms with Gasteiger partial charge in [-0.2, -0.15) is 0 Å². The highest BCUT2D eigenvalue weighted by Gasteiger charge is 2.10. The van der Waals surface area contributed by atoms with Crippen molar-refractivity contribution in [1.82, 2.24) is 4.98 Å². The van der Waals surface area contributed by atoms with Gasteiger partial charge in [-0.15, -0.1) is 34.3 Å². The minimum atomic E-state index is 0.493. The molecule has 16 heavy (non-hydrogen) atoms. The second kappa shape index (κ2) is 5.66. The van der Waals surface area contributed by atoms with Crippen molar-refractivity contribution in [3.8, 4) is 0 Å². The smallest absolute Gasteiger partial charge is 0.185 e. The van der Waals surface area contributed by atoms with Gasteiger partial charge >= 0.3 is 0 Å². The average Bonchev–Trinajstić information content (AvgIpc) is 2.96. The molecule has 0 aromatic carbocycles. The fourth-order valence-electron chi connectivity index (χ4n) is 1.41. The molecule has 2 rings (SSSR count). The number of alkyl halides is 1. The van der Waals surface area contributed by atoms with Gasteiger partial charge in [-0.3, -0.25) is 0 Å². The van der Waals surface area contributed by atoms with Crippen LogP contribution in [0.3, 0.4) is 0 Å². The zero-order chi connectivity index (χ0) is 11.4. The number of rotatable bonds is 5. The van der Waals surface area contributed by atoms with E-state index in [-0.39, 0.29) is 0 Å². The van der Waals surface area contributed by atoms with Gasteiger partial charge in [-0.05, 0) is 18.4 Å². The standard InChI is InChI=1S/C11H13ClN2S2/c1-2-14(7-10-4-3-5-15-10)11-13-9(6-12)8-16-11/h3-5,8H,2,6-7H2,1H3. The van der Waals surface area contributed by atoms with E-state index < -0.39 is 0 Å². The lowest BCUT2D eigenvalue weighted by Gasteiger charge is -2.18. The predicted molar refractivity (Wildman–Crippen MR) is 72.7 cm³/mol. The third-order valence-corrected chi connectivity index (χ3v) is 4.34. The highest BCUT2D eigenvalue weighted by molar-refractivity contribution is 7.13. The number of halogens is 1. The molecule has 0 aliphatic rings. The lowest BCUT2D eigenvalue weighted by molar-refractivity contribution is 0.834. The zero-order valence-electron chi connectivity index (χ0n) is 9.02. The van der Waals surface area contributed by atoms with E-state index in [1.54, 1.807) is 22.7 Å². The van der Waals surface area contributed by atoms with E-state index in [1.165, 1.54) is 4.88 Å². The van der Waals surface area contributed by atoms with Crippen LogP contribution in [0.1, 0.15) is 17.5 Å². The molecule has 2 heterocycles. The molecule has 0 saturated heterocycles. The summed E-state index contributed by atoms with van der Waals surface area (Å²) in [6.07, 6.45) is 0. The van der Waals surface area contributed by atoms with E-state index in [9.17, 15) is 0 Å². The molecule has 2 nitrogen and oxygen atoms in total. The Morgan fingerprint density at radius 2 is 2.31 bits per heavy atom. The molecule has 2 aromatic heterocycles. The van der Waals surface area contributed by atoms with Gasteiger partial charge in [0, 0.05) is 16.8 Å². The Morgan fingerprint density at radius 1 is 1.44 bits per heavy atom. The Labute approximate surface area is 109 Å². The van der Waals surface area contributed by atoms with Gasteiger partial charge in [0.25, 0.3) is 0 Å². The van der Waals surface area contributed by atoms with Crippen molar-refractivity contribution >= 4 is 39.4 Å². The third kappa shape index (κ3) is 2.75. The molecular formula is C11H13ClN2S2. The maximum absolute atomic E-state index is 5.76. The molecule has 0 aliphatic heterocycles. The quantitative estimate of drug-likeness (QED) is 0.766. The molecule has 0 amide bonds. The van der Waals surface area contributed by atoms with E-state index in [0.717, 1.165) is 23.9 Å². The van der Waals surface area contributed by atoms with Crippen molar-refractivity contribution in [3.63, 3.8) is 0 Å². The lowest BCUT2D eigenvalue weighted by Crippen LogP contribution is -2.21. The molecule has 0 fully saturated rings. The maximum Gasteiger partial charge on any atom is 0.185 e.